The summed E-state index contributed by atoms with van der Waals surface area (Å²) >= 11 is 3.41. The van der Waals surface area contributed by atoms with E-state index in [1.54, 1.807) is 24.3 Å². The van der Waals surface area contributed by atoms with Crippen molar-refractivity contribution < 1.29 is 8.42 Å². The minimum atomic E-state index is -3.50. The fourth-order valence-electron chi connectivity index (χ4n) is 2.50. The summed E-state index contributed by atoms with van der Waals surface area (Å²) in [7, 11) is -3.50. The molecule has 1 N–H and O–H groups in total. The molecule has 0 amide bonds. The number of hydrogen-bond donors (Lipinski definition) is 1. The summed E-state index contributed by atoms with van der Waals surface area (Å²) in [5.74, 6) is 0.360. The maximum Gasteiger partial charge on any atom is 0.263 e. The van der Waals surface area contributed by atoms with Crippen LogP contribution in [0.5, 0.6) is 0 Å². The third-order valence-corrected chi connectivity index (χ3v) is 5.39. The molecule has 0 saturated carbocycles. The summed E-state index contributed by atoms with van der Waals surface area (Å²) in [6.07, 6.45) is 3.78. The van der Waals surface area contributed by atoms with E-state index in [1.165, 1.54) is 0 Å². The van der Waals surface area contributed by atoms with Crippen LogP contribution in [-0.2, 0) is 16.6 Å². The molecule has 1 aliphatic heterocycles. The first kappa shape index (κ1) is 14.4. The average molecular weight is 391 g/mol. The highest BCUT2D eigenvalue weighted by atomic mass is 79.9. The van der Waals surface area contributed by atoms with Crippen LogP contribution < -0.4 is 4.72 Å². The van der Waals surface area contributed by atoms with Gasteiger partial charge in [-0.2, -0.15) is 0 Å². The molecule has 3 aromatic rings. The van der Waals surface area contributed by atoms with E-state index in [-0.39, 0.29) is 4.90 Å². The molecule has 0 unspecified atom stereocenters. The molecule has 116 valence electrons. The Kier molecular flexibility index (Phi) is 3.24. The highest BCUT2D eigenvalue weighted by Gasteiger charge is 2.29. The van der Waals surface area contributed by atoms with Gasteiger partial charge in [0, 0.05) is 22.4 Å². The Bertz CT molecular complexity index is 1060. The quantitative estimate of drug-likeness (QED) is 0.729. The Hall–Kier alpha value is -2.19. The van der Waals surface area contributed by atoms with Crippen LogP contribution >= 0.6 is 15.9 Å². The third-order valence-electron chi connectivity index (χ3n) is 3.53. The predicted molar refractivity (Wildman–Crippen MR) is 89.9 cm³/mol. The lowest BCUT2D eigenvalue weighted by atomic mass is 10.2. The number of aromatic nitrogens is 2. The lowest BCUT2D eigenvalue weighted by molar-refractivity contribution is 0.595. The van der Waals surface area contributed by atoms with Crippen molar-refractivity contribution in [3.63, 3.8) is 0 Å². The molecule has 0 aliphatic carbocycles. The summed E-state index contributed by atoms with van der Waals surface area (Å²) in [5, 5.41) is 0. The van der Waals surface area contributed by atoms with Gasteiger partial charge in [-0.25, -0.2) is 13.4 Å². The number of pyridine rings is 1. The number of halogens is 1. The molecule has 1 aromatic carbocycles. The molecule has 0 atom stereocenters. The number of fused-ring (bicyclic) bond motifs is 2. The van der Waals surface area contributed by atoms with Crippen LogP contribution in [0.1, 0.15) is 11.3 Å². The second kappa shape index (κ2) is 5.17. The molecule has 6 nitrogen and oxygen atoms in total. The van der Waals surface area contributed by atoms with Gasteiger partial charge in [-0.05, 0) is 40.2 Å². The van der Waals surface area contributed by atoms with Gasteiger partial charge < -0.3 is 4.40 Å². The number of nitrogens with one attached hydrogen (secondary N) is 1. The lowest BCUT2D eigenvalue weighted by Crippen LogP contribution is -2.22. The van der Waals surface area contributed by atoms with E-state index in [1.807, 2.05) is 28.9 Å². The minimum Gasteiger partial charge on any atom is -0.306 e. The Morgan fingerprint density at radius 3 is 2.87 bits per heavy atom. The number of benzene rings is 1. The van der Waals surface area contributed by atoms with Crippen LogP contribution in [0, 0.1) is 0 Å². The smallest absolute Gasteiger partial charge is 0.263 e. The van der Waals surface area contributed by atoms with E-state index in [0.717, 1.165) is 15.8 Å². The summed E-state index contributed by atoms with van der Waals surface area (Å²) in [6, 6.07) is 10.6. The average Bonchev–Trinajstić information content (AvgIpc) is 3.04. The van der Waals surface area contributed by atoms with Crippen molar-refractivity contribution in [2.24, 2.45) is 4.99 Å². The van der Waals surface area contributed by atoms with E-state index < -0.39 is 10.0 Å². The molecule has 0 spiro atoms. The predicted octanol–water partition coefficient (Wildman–Crippen LogP) is 2.34. The van der Waals surface area contributed by atoms with Crippen LogP contribution in [0.2, 0.25) is 0 Å². The molecule has 0 saturated heterocycles. The van der Waals surface area contributed by atoms with Gasteiger partial charge in [-0.1, -0.05) is 12.1 Å². The molecule has 0 bridgehead atoms. The highest BCUT2D eigenvalue weighted by molar-refractivity contribution is 9.10. The zero-order valence-corrected chi connectivity index (χ0v) is 14.2. The van der Waals surface area contributed by atoms with Gasteiger partial charge in [0.25, 0.3) is 10.0 Å². The standard InChI is InChI=1S/C15H11BrN4O2S/c16-10-5-6-14-18-11(9-20(14)8-10)7-17-15-12-3-1-2-4-13(12)23(21,22)19-15/h1-6,8-9H,7H2,(H,17,19). The molecule has 8 heteroatoms. The Balaban J connectivity index is 1.69. The zero-order valence-electron chi connectivity index (χ0n) is 11.8. The first-order valence-corrected chi connectivity index (χ1v) is 9.10. The number of hydrogen-bond acceptors (Lipinski definition) is 4. The summed E-state index contributed by atoms with van der Waals surface area (Å²) < 4.78 is 29.4. The SMILES string of the molecule is O=S1(=O)NC(=NCc2cn3cc(Br)ccc3n2)c2ccccc21. The first-order valence-electron chi connectivity index (χ1n) is 6.83. The second-order valence-corrected chi connectivity index (χ2v) is 7.68. The normalized spacial score (nSPS) is 17.3. The van der Waals surface area contributed by atoms with Crippen molar-refractivity contribution in [1.82, 2.24) is 14.1 Å². The summed E-state index contributed by atoms with van der Waals surface area (Å²) in [4.78, 5) is 9.11. The molecule has 0 fully saturated rings. The van der Waals surface area contributed by atoms with E-state index in [9.17, 15) is 8.42 Å². The maximum atomic E-state index is 12.0. The van der Waals surface area contributed by atoms with E-state index in [4.69, 9.17) is 0 Å². The van der Waals surface area contributed by atoms with Crippen LogP contribution in [0.3, 0.4) is 0 Å². The van der Waals surface area contributed by atoms with Crippen LogP contribution in [-0.4, -0.2) is 23.6 Å². The molecule has 0 radical (unpaired) electrons. The van der Waals surface area contributed by atoms with E-state index >= 15 is 0 Å². The Morgan fingerprint density at radius 2 is 2.00 bits per heavy atom. The summed E-state index contributed by atoms with van der Waals surface area (Å²) in [6.45, 7) is 0.297. The monoisotopic (exact) mass is 390 g/mol. The van der Waals surface area contributed by atoms with Gasteiger partial charge in [-0.3, -0.25) is 9.71 Å². The number of amidine groups is 1. The van der Waals surface area contributed by atoms with E-state index in [2.05, 4.69) is 30.6 Å². The zero-order chi connectivity index (χ0) is 16.0. The van der Waals surface area contributed by atoms with Crippen LogP contribution in [0.15, 0.2) is 63.2 Å². The Morgan fingerprint density at radius 1 is 1.17 bits per heavy atom. The van der Waals surface area contributed by atoms with Crippen molar-refractivity contribution in [3.8, 4) is 0 Å². The number of nitrogens with zero attached hydrogens (tertiary/aromatic N) is 3. The maximum absolute atomic E-state index is 12.0. The summed E-state index contributed by atoms with van der Waals surface area (Å²) in [5.41, 5.74) is 2.17. The molecular formula is C15H11BrN4O2S. The van der Waals surface area contributed by atoms with Crippen molar-refractivity contribution >= 4 is 37.4 Å². The third kappa shape index (κ3) is 2.53. The van der Waals surface area contributed by atoms with Gasteiger partial charge in [0.05, 0.1) is 17.1 Å². The van der Waals surface area contributed by atoms with E-state index in [0.29, 0.717) is 17.9 Å². The van der Waals surface area contributed by atoms with Crippen LogP contribution in [0.4, 0.5) is 0 Å². The highest BCUT2D eigenvalue weighted by Crippen LogP contribution is 2.22. The lowest BCUT2D eigenvalue weighted by Gasteiger charge is -1.97. The second-order valence-electron chi connectivity index (χ2n) is 5.11. The molecule has 3 heterocycles. The van der Waals surface area contributed by atoms with Gasteiger partial charge >= 0.3 is 0 Å². The number of imidazole rings is 1. The fraction of sp³-hybridized carbons (Fsp3) is 0.0667. The van der Waals surface area contributed by atoms with Gasteiger partial charge in [0.2, 0.25) is 0 Å². The van der Waals surface area contributed by atoms with Crippen molar-refractivity contribution in [3.05, 3.63) is 64.5 Å². The molecule has 1 aliphatic rings. The minimum absolute atomic E-state index is 0.262. The van der Waals surface area contributed by atoms with Gasteiger partial charge in [-0.15, -0.1) is 0 Å². The fourth-order valence-corrected chi connectivity index (χ4v) is 4.11. The van der Waals surface area contributed by atoms with Crippen molar-refractivity contribution in [2.75, 3.05) is 0 Å². The molecular weight excluding hydrogens is 380 g/mol. The molecule has 2 aromatic heterocycles. The van der Waals surface area contributed by atoms with Gasteiger partial charge in [0.15, 0.2) is 0 Å². The number of sulfonamides is 1. The molecule has 23 heavy (non-hydrogen) atoms. The van der Waals surface area contributed by atoms with Crippen LogP contribution in [0.25, 0.3) is 5.65 Å². The Labute approximate surface area is 141 Å². The molecule has 4 rings (SSSR count). The number of rotatable bonds is 2. The number of aliphatic imine (C=N–C) groups is 1. The first-order chi connectivity index (χ1) is 11.0. The topological polar surface area (TPSA) is 75.8 Å². The van der Waals surface area contributed by atoms with Crippen molar-refractivity contribution in [1.29, 1.82) is 0 Å². The van der Waals surface area contributed by atoms with Gasteiger partial charge in [0.1, 0.15) is 11.5 Å². The van der Waals surface area contributed by atoms with Crippen molar-refractivity contribution in [2.45, 2.75) is 11.4 Å². The largest absolute Gasteiger partial charge is 0.306 e.